The van der Waals surface area contributed by atoms with Gasteiger partial charge in [-0.2, -0.15) is 0 Å². The van der Waals surface area contributed by atoms with Gasteiger partial charge in [-0.1, -0.05) is 36.4 Å². The summed E-state index contributed by atoms with van der Waals surface area (Å²) in [5.41, 5.74) is 4.74. The topological polar surface area (TPSA) is 35.0 Å². The lowest BCUT2D eigenvalue weighted by molar-refractivity contribution is 0.385. The van der Waals surface area contributed by atoms with E-state index in [1.807, 2.05) is 36.9 Å². The maximum Gasteiger partial charge on any atom is 0.131 e. The van der Waals surface area contributed by atoms with Gasteiger partial charge in [-0.25, -0.2) is 0 Å². The molecule has 0 aliphatic carbocycles. The van der Waals surface area contributed by atoms with E-state index in [1.54, 1.807) is 0 Å². The maximum absolute atomic E-state index is 6.28. The molecule has 0 N–H and O–H groups in total. The lowest BCUT2D eigenvalue weighted by atomic mass is 9.65. The number of para-hydroxylation sites is 2. The minimum atomic E-state index is -0.228. The molecule has 0 bridgehead atoms. The monoisotopic (exact) mass is 364 g/mol. The van der Waals surface area contributed by atoms with E-state index in [4.69, 9.17) is 4.74 Å². The Balaban J connectivity index is 1.75. The molecule has 0 atom stereocenters. The number of benzene rings is 2. The van der Waals surface area contributed by atoms with E-state index < -0.39 is 0 Å². The number of pyridine rings is 2. The van der Waals surface area contributed by atoms with Crippen molar-refractivity contribution in [3.05, 3.63) is 120 Å². The van der Waals surface area contributed by atoms with Crippen molar-refractivity contribution in [3.63, 3.8) is 0 Å². The molecule has 4 aromatic rings. The van der Waals surface area contributed by atoms with Crippen LogP contribution in [0.5, 0.6) is 11.5 Å². The minimum absolute atomic E-state index is 0.228. The standard InChI is InChI=1S/C25H20N2O/c1-3-7-23-21(5-1)25(17-19-9-13-26-14-10-19,18-20-11-15-27-16-12-20)22-6-2-4-8-24(22)28-23/h1-16H,17-18H2. The van der Waals surface area contributed by atoms with Crippen LogP contribution >= 0.6 is 0 Å². The zero-order valence-electron chi connectivity index (χ0n) is 15.5. The quantitative estimate of drug-likeness (QED) is 0.489. The van der Waals surface area contributed by atoms with Crippen LogP contribution in [0.25, 0.3) is 0 Å². The molecule has 0 unspecified atom stereocenters. The van der Waals surface area contributed by atoms with Crippen molar-refractivity contribution >= 4 is 0 Å². The number of fused-ring (bicyclic) bond motifs is 2. The highest BCUT2D eigenvalue weighted by Gasteiger charge is 2.42. The summed E-state index contributed by atoms with van der Waals surface area (Å²) in [5.74, 6) is 1.87. The zero-order chi connectivity index (χ0) is 18.8. The third-order valence-corrected chi connectivity index (χ3v) is 5.54. The Morgan fingerprint density at radius 3 is 1.46 bits per heavy atom. The predicted molar refractivity (Wildman–Crippen MR) is 110 cm³/mol. The Hall–Kier alpha value is -3.46. The Morgan fingerprint density at radius 1 is 0.571 bits per heavy atom. The number of ether oxygens (including phenoxy) is 1. The summed E-state index contributed by atoms with van der Waals surface area (Å²) in [5, 5.41) is 0. The second-order valence-electron chi connectivity index (χ2n) is 7.24. The summed E-state index contributed by atoms with van der Waals surface area (Å²) in [6.45, 7) is 0. The number of nitrogens with zero attached hydrogens (tertiary/aromatic N) is 2. The van der Waals surface area contributed by atoms with Crippen molar-refractivity contribution in [1.82, 2.24) is 9.97 Å². The second kappa shape index (κ2) is 6.93. The molecule has 3 nitrogen and oxygen atoms in total. The first-order valence-electron chi connectivity index (χ1n) is 9.50. The second-order valence-corrected chi connectivity index (χ2v) is 7.24. The van der Waals surface area contributed by atoms with Crippen molar-refractivity contribution in [1.29, 1.82) is 0 Å². The number of rotatable bonds is 4. The van der Waals surface area contributed by atoms with Gasteiger partial charge in [0.2, 0.25) is 0 Å². The molecular formula is C25H20N2O. The van der Waals surface area contributed by atoms with Gasteiger partial charge >= 0.3 is 0 Å². The van der Waals surface area contributed by atoms with Gasteiger partial charge in [-0.15, -0.1) is 0 Å². The van der Waals surface area contributed by atoms with Crippen LogP contribution in [0.1, 0.15) is 22.3 Å². The molecule has 2 aromatic heterocycles. The van der Waals surface area contributed by atoms with Crippen molar-refractivity contribution in [2.24, 2.45) is 0 Å². The number of hydrogen-bond acceptors (Lipinski definition) is 3. The van der Waals surface area contributed by atoms with Crippen LogP contribution in [0.4, 0.5) is 0 Å². The molecule has 0 amide bonds. The first-order chi connectivity index (χ1) is 13.9. The van der Waals surface area contributed by atoms with E-state index in [-0.39, 0.29) is 5.41 Å². The van der Waals surface area contributed by atoms with Crippen LogP contribution in [0, 0.1) is 0 Å². The van der Waals surface area contributed by atoms with Gasteiger partial charge in [-0.3, -0.25) is 9.97 Å². The van der Waals surface area contributed by atoms with Crippen LogP contribution in [0.3, 0.4) is 0 Å². The highest BCUT2D eigenvalue weighted by molar-refractivity contribution is 5.59. The molecule has 3 heteroatoms. The fourth-order valence-corrected chi connectivity index (χ4v) is 4.31. The fraction of sp³-hybridized carbons (Fsp3) is 0.120. The van der Waals surface area contributed by atoms with Gasteiger partial charge in [0.25, 0.3) is 0 Å². The van der Waals surface area contributed by atoms with Crippen LogP contribution in [0.2, 0.25) is 0 Å². The minimum Gasteiger partial charge on any atom is -0.457 e. The van der Waals surface area contributed by atoms with E-state index in [9.17, 15) is 0 Å². The Bertz CT molecular complexity index is 1000. The molecule has 5 rings (SSSR count). The molecule has 1 aliphatic heterocycles. The third kappa shape index (κ3) is 2.85. The van der Waals surface area contributed by atoms with E-state index in [2.05, 4.69) is 70.6 Å². The van der Waals surface area contributed by atoms with Gasteiger partial charge in [0.15, 0.2) is 0 Å². The van der Waals surface area contributed by atoms with Crippen LogP contribution in [-0.2, 0) is 18.3 Å². The SMILES string of the molecule is c1ccc2c(c1)Oc1ccccc1C2(Cc1ccncc1)Cc1ccncc1. The third-order valence-electron chi connectivity index (χ3n) is 5.54. The van der Waals surface area contributed by atoms with E-state index in [1.165, 1.54) is 22.3 Å². The molecule has 0 saturated heterocycles. The summed E-state index contributed by atoms with van der Waals surface area (Å²) in [4.78, 5) is 8.40. The van der Waals surface area contributed by atoms with E-state index >= 15 is 0 Å². The van der Waals surface area contributed by atoms with Gasteiger partial charge in [0.1, 0.15) is 11.5 Å². The van der Waals surface area contributed by atoms with E-state index in [0.29, 0.717) is 0 Å². The molecular weight excluding hydrogens is 344 g/mol. The van der Waals surface area contributed by atoms with Crippen LogP contribution in [0.15, 0.2) is 97.6 Å². The first kappa shape index (κ1) is 16.7. The van der Waals surface area contributed by atoms with Gasteiger partial charge in [0, 0.05) is 41.3 Å². The highest BCUT2D eigenvalue weighted by Crippen LogP contribution is 2.51. The summed E-state index contributed by atoms with van der Waals surface area (Å²) < 4.78 is 6.28. The molecule has 1 aliphatic rings. The van der Waals surface area contributed by atoms with Crippen molar-refractivity contribution in [2.75, 3.05) is 0 Å². The summed E-state index contributed by atoms with van der Waals surface area (Å²) >= 11 is 0. The lowest BCUT2D eigenvalue weighted by Gasteiger charge is -2.41. The highest BCUT2D eigenvalue weighted by atomic mass is 16.5. The van der Waals surface area contributed by atoms with Crippen molar-refractivity contribution < 1.29 is 4.74 Å². The molecule has 136 valence electrons. The Labute approximate surface area is 164 Å². The maximum atomic E-state index is 6.28. The van der Waals surface area contributed by atoms with Crippen molar-refractivity contribution in [3.8, 4) is 11.5 Å². The van der Waals surface area contributed by atoms with E-state index in [0.717, 1.165) is 24.3 Å². The molecule has 28 heavy (non-hydrogen) atoms. The first-order valence-corrected chi connectivity index (χ1v) is 9.50. The summed E-state index contributed by atoms with van der Waals surface area (Å²) in [6, 6.07) is 25.2. The average Bonchev–Trinajstić information content (AvgIpc) is 2.75. The lowest BCUT2D eigenvalue weighted by Crippen LogP contribution is -2.36. The van der Waals surface area contributed by atoms with Gasteiger partial charge in [0.05, 0.1) is 0 Å². The van der Waals surface area contributed by atoms with Crippen molar-refractivity contribution in [2.45, 2.75) is 18.3 Å². The van der Waals surface area contributed by atoms with Gasteiger partial charge in [-0.05, 0) is 60.4 Å². The Kier molecular flexibility index (Phi) is 4.13. The molecule has 2 aromatic carbocycles. The zero-order valence-corrected chi connectivity index (χ0v) is 15.5. The fourth-order valence-electron chi connectivity index (χ4n) is 4.31. The Morgan fingerprint density at radius 2 is 1.00 bits per heavy atom. The largest absolute Gasteiger partial charge is 0.457 e. The average molecular weight is 364 g/mol. The van der Waals surface area contributed by atoms with Crippen LogP contribution in [-0.4, -0.2) is 9.97 Å². The van der Waals surface area contributed by atoms with Gasteiger partial charge < -0.3 is 4.74 Å². The molecule has 0 radical (unpaired) electrons. The molecule has 0 saturated carbocycles. The molecule has 3 heterocycles. The summed E-state index contributed by atoms with van der Waals surface area (Å²) in [7, 11) is 0. The van der Waals surface area contributed by atoms with Crippen LogP contribution < -0.4 is 4.74 Å². The number of aromatic nitrogens is 2. The molecule has 0 fully saturated rings. The normalized spacial score (nSPS) is 13.9. The predicted octanol–water partition coefficient (Wildman–Crippen LogP) is 5.35. The molecule has 0 spiro atoms. The number of hydrogen-bond donors (Lipinski definition) is 0. The smallest absolute Gasteiger partial charge is 0.131 e. The summed E-state index contributed by atoms with van der Waals surface area (Å²) in [6.07, 6.45) is 9.21.